The molecule has 0 aliphatic rings. The number of amides is 2. The number of nitrogens with one attached hydrogen (secondary N) is 2. The third kappa shape index (κ3) is 6.42. The first kappa shape index (κ1) is 22.1. The predicted octanol–water partition coefficient (Wildman–Crippen LogP) is 4.62. The molecule has 2 amide bonds. The smallest absolute Gasteiger partial charge is 0.329 e. The number of nitrogens with zero attached hydrogens (tertiary/aromatic N) is 1. The summed E-state index contributed by atoms with van der Waals surface area (Å²) >= 11 is 6.14. The molecule has 7 heteroatoms. The molecule has 6 nitrogen and oxygen atoms in total. The van der Waals surface area contributed by atoms with Crippen molar-refractivity contribution in [2.45, 2.75) is 20.5 Å². The molecule has 158 valence electrons. The van der Waals surface area contributed by atoms with Gasteiger partial charge in [-0.1, -0.05) is 48.0 Å². The summed E-state index contributed by atoms with van der Waals surface area (Å²) in [5.41, 5.74) is 6.48. The number of rotatable bonds is 6. The van der Waals surface area contributed by atoms with Crippen LogP contribution in [0.2, 0.25) is 5.02 Å². The molecule has 0 saturated carbocycles. The highest BCUT2D eigenvalue weighted by Crippen LogP contribution is 2.19. The van der Waals surface area contributed by atoms with Crippen molar-refractivity contribution in [3.05, 3.63) is 94.0 Å². The summed E-state index contributed by atoms with van der Waals surface area (Å²) in [5, 5.41) is 7.04. The minimum absolute atomic E-state index is 0.329. The first-order valence-electron chi connectivity index (χ1n) is 9.60. The topological polar surface area (TPSA) is 79.8 Å². The van der Waals surface area contributed by atoms with E-state index >= 15 is 0 Å². The molecule has 0 atom stereocenters. The van der Waals surface area contributed by atoms with Gasteiger partial charge in [0.25, 0.3) is 0 Å². The molecule has 0 aliphatic heterocycles. The zero-order valence-electron chi connectivity index (χ0n) is 17.2. The van der Waals surface area contributed by atoms with E-state index in [0.717, 1.165) is 16.7 Å². The maximum Gasteiger partial charge on any atom is 0.329 e. The second-order valence-electron chi connectivity index (χ2n) is 6.90. The van der Waals surface area contributed by atoms with Crippen molar-refractivity contribution in [1.29, 1.82) is 0 Å². The number of carbonyl (C=O) groups is 2. The zero-order valence-corrected chi connectivity index (χ0v) is 17.9. The minimum atomic E-state index is -0.861. The van der Waals surface area contributed by atoms with Gasteiger partial charge in [0, 0.05) is 16.3 Å². The fraction of sp³-hybridized carbons (Fsp3) is 0.125. The van der Waals surface area contributed by atoms with E-state index in [4.69, 9.17) is 16.3 Å². The van der Waals surface area contributed by atoms with Crippen molar-refractivity contribution in [1.82, 2.24) is 5.43 Å². The third-order valence-corrected chi connectivity index (χ3v) is 4.93. The van der Waals surface area contributed by atoms with Gasteiger partial charge in [-0.25, -0.2) is 5.43 Å². The fourth-order valence-corrected chi connectivity index (χ4v) is 2.87. The first-order valence-corrected chi connectivity index (χ1v) is 9.98. The van der Waals surface area contributed by atoms with Gasteiger partial charge in [-0.2, -0.15) is 5.10 Å². The molecule has 0 spiro atoms. The Labute approximate surface area is 185 Å². The number of aryl methyl sites for hydroxylation is 2. The van der Waals surface area contributed by atoms with E-state index in [-0.39, 0.29) is 0 Å². The Bertz CT molecular complexity index is 1130. The summed E-state index contributed by atoms with van der Waals surface area (Å²) < 4.78 is 5.77. The summed E-state index contributed by atoms with van der Waals surface area (Å²) in [5.74, 6) is -1.03. The van der Waals surface area contributed by atoms with E-state index < -0.39 is 11.8 Å². The molecule has 0 heterocycles. The molecule has 2 N–H and O–H groups in total. The lowest BCUT2D eigenvalue weighted by Gasteiger charge is -2.08. The van der Waals surface area contributed by atoms with Crippen LogP contribution in [0.3, 0.4) is 0 Å². The number of halogens is 1. The summed E-state index contributed by atoms with van der Waals surface area (Å²) in [6, 6.07) is 20.1. The number of hydrogen-bond acceptors (Lipinski definition) is 4. The quantitative estimate of drug-likeness (QED) is 0.336. The van der Waals surface area contributed by atoms with Crippen LogP contribution < -0.4 is 15.5 Å². The minimum Gasteiger partial charge on any atom is -0.489 e. The molecule has 0 fully saturated rings. The average molecular weight is 436 g/mol. The van der Waals surface area contributed by atoms with Crippen LogP contribution in [0.4, 0.5) is 5.69 Å². The molecule has 3 aromatic carbocycles. The Morgan fingerprint density at radius 3 is 2.55 bits per heavy atom. The molecule has 3 rings (SSSR count). The molecular formula is C24H22ClN3O3. The molecule has 0 saturated heterocycles. The predicted molar refractivity (Wildman–Crippen MR) is 123 cm³/mol. The van der Waals surface area contributed by atoms with Crippen LogP contribution >= 0.6 is 11.6 Å². The van der Waals surface area contributed by atoms with Crippen molar-refractivity contribution in [2.75, 3.05) is 5.32 Å². The van der Waals surface area contributed by atoms with E-state index in [1.807, 2.05) is 50.2 Å². The lowest BCUT2D eigenvalue weighted by Crippen LogP contribution is -2.32. The second kappa shape index (κ2) is 10.4. The molecular weight excluding hydrogens is 414 g/mol. The zero-order chi connectivity index (χ0) is 22.2. The standard InChI is InChI=1S/C24H22ClN3O3/c1-16-10-11-20(12-17(16)2)27-23(29)24(30)28-26-14-18-6-5-8-21(13-18)31-15-19-7-3-4-9-22(19)25/h3-14H,15H2,1-2H3,(H,27,29)(H,28,30)/b26-14-. The third-order valence-electron chi connectivity index (χ3n) is 4.56. The summed E-state index contributed by atoms with van der Waals surface area (Å²) in [6.07, 6.45) is 1.43. The van der Waals surface area contributed by atoms with Gasteiger partial charge in [-0.05, 0) is 60.9 Å². The van der Waals surface area contributed by atoms with Crippen molar-refractivity contribution in [2.24, 2.45) is 5.10 Å². The Hall–Kier alpha value is -3.64. The summed E-state index contributed by atoms with van der Waals surface area (Å²) in [6.45, 7) is 4.23. The Morgan fingerprint density at radius 2 is 1.77 bits per heavy atom. The van der Waals surface area contributed by atoms with Crippen LogP contribution in [0.1, 0.15) is 22.3 Å². The molecule has 3 aromatic rings. The summed E-state index contributed by atoms with van der Waals surface area (Å²) in [4.78, 5) is 24.0. The van der Waals surface area contributed by atoms with E-state index in [9.17, 15) is 9.59 Å². The average Bonchev–Trinajstić information content (AvgIpc) is 2.76. The molecule has 0 aromatic heterocycles. The number of benzene rings is 3. The maximum absolute atomic E-state index is 12.0. The van der Waals surface area contributed by atoms with E-state index in [1.165, 1.54) is 6.21 Å². The molecule has 0 aliphatic carbocycles. The number of hydrogen-bond donors (Lipinski definition) is 2. The van der Waals surface area contributed by atoms with E-state index in [2.05, 4.69) is 15.8 Å². The number of ether oxygens (including phenoxy) is 1. The number of hydrazone groups is 1. The van der Waals surface area contributed by atoms with Gasteiger partial charge in [-0.3, -0.25) is 9.59 Å². The van der Waals surface area contributed by atoms with Gasteiger partial charge in [-0.15, -0.1) is 0 Å². The highest BCUT2D eigenvalue weighted by Gasteiger charge is 2.13. The van der Waals surface area contributed by atoms with Gasteiger partial charge in [0.05, 0.1) is 6.21 Å². The van der Waals surface area contributed by atoms with Gasteiger partial charge in [0.1, 0.15) is 12.4 Å². The SMILES string of the molecule is Cc1ccc(NC(=O)C(=O)N/N=C\c2cccc(OCc3ccccc3Cl)c2)cc1C. The lowest BCUT2D eigenvalue weighted by atomic mass is 10.1. The first-order chi connectivity index (χ1) is 14.9. The van der Waals surface area contributed by atoms with E-state index in [1.54, 1.807) is 30.3 Å². The molecule has 31 heavy (non-hydrogen) atoms. The van der Waals surface area contributed by atoms with Crippen molar-refractivity contribution in [3.8, 4) is 5.75 Å². The van der Waals surface area contributed by atoms with Crippen LogP contribution in [-0.4, -0.2) is 18.0 Å². The molecule has 0 bridgehead atoms. The Kier molecular flexibility index (Phi) is 7.40. The van der Waals surface area contributed by atoms with Crippen LogP contribution in [0.25, 0.3) is 0 Å². The van der Waals surface area contributed by atoms with Crippen molar-refractivity contribution >= 4 is 35.3 Å². The number of anilines is 1. The fourth-order valence-electron chi connectivity index (χ4n) is 2.68. The maximum atomic E-state index is 12.0. The van der Waals surface area contributed by atoms with Gasteiger partial charge in [0.15, 0.2) is 0 Å². The summed E-state index contributed by atoms with van der Waals surface area (Å²) in [7, 11) is 0. The highest BCUT2D eigenvalue weighted by molar-refractivity contribution is 6.39. The Balaban J connectivity index is 1.53. The van der Waals surface area contributed by atoms with Crippen LogP contribution in [0, 0.1) is 13.8 Å². The van der Waals surface area contributed by atoms with Crippen molar-refractivity contribution < 1.29 is 14.3 Å². The lowest BCUT2D eigenvalue weighted by molar-refractivity contribution is -0.136. The van der Waals surface area contributed by atoms with Gasteiger partial charge < -0.3 is 10.1 Å². The monoisotopic (exact) mass is 435 g/mol. The van der Waals surface area contributed by atoms with E-state index in [0.29, 0.717) is 28.6 Å². The van der Waals surface area contributed by atoms with Crippen LogP contribution in [0.5, 0.6) is 5.75 Å². The van der Waals surface area contributed by atoms with Crippen LogP contribution in [0.15, 0.2) is 71.8 Å². The largest absolute Gasteiger partial charge is 0.489 e. The molecule has 0 radical (unpaired) electrons. The van der Waals surface area contributed by atoms with Gasteiger partial charge in [0.2, 0.25) is 0 Å². The highest BCUT2D eigenvalue weighted by atomic mass is 35.5. The normalized spacial score (nSPS) is 10.7. The Morgan fingerprint density at radius 1 is 0.968 bits per heavy atom. The second-order valence-corrected chi connectivity index (χ2v) is 7.31. The van der Waals surface area contributed by atoms with Crippen LogP contribution in [-0.2, 0) is 16.2 Å². The number of carbonyl (C=O) groups excluding carboxylic acids is 2. The van der Waals surface area contributed by atoms with Crippen molar-refractivity contribution in [3.63, 3.8) is 0 Å². The van der Waals surface area contributed by atoms with Gasteiger partial charge >= 0.3 is 11.8 Å². The molecule has 0 unspecified atom stereocenters.